The van der Waals surface area contributed by atoms with Gasteiger partial charge in [-0.15, -0.1) is 11.3 Å². The van der Waals surface area contributed by atoms with Crippen LogP contribution in [0.5, 0.6) is 0 Å². The highest BCUT2D eigenvalue weighted by atomic mass is 79.9. The first-order valence-electron chi connectivity index (χ1n) is 5.97. The maximum atomic E-state index is 11.0. The van der Waals surface area contributed by atoms with E-state index in [4.69, 9.17) is 0 Å². The number of hydrogen-bond acceptors (Lipinski definition) is 6. The Kier molecular flexibility index (Phi) is 4.91. The fourth-order valence-electron chi connectivity index (χ4n) is 1.62. The summed E-state index contributed by atoms with van der Waals surface area (Å²) in [5, 5.41) is 19.0. The zero-order valence-electron chi connectivity index (χ0n) is 10.7. The van der Waals surface area contributed by atoms with Crippen molar-refractivity contribution in [2.45, 2.75) is 13.5 Å². The first-order chi connectivity index (χ1) is 9.61. The number of pyridine rings is 1. The van der Waals surface area contributed by atoms with E-state index in [9.17, 15) is 10.1 Å². The Bertz CT molecular complexity index is 617. The summed E-state index contributed by atoms with van der Waals surface area (Å²) < 4.78 is 0.987. The van der Waals surface area contributed by atoms with Crippen LogP contribution in [0.15, 0.2) is 28.1 Å². The van der Waals surface area contributed by atoms with Crippen molar-refractivity contribution in [3.05, 3.63) is 43.0 Å². The molecule has 20 heavy (non-hydrogen) atoms. The van der Waals surface area contributed by atoms with Crippen LogP contribution in [0, 0.1) is 10.1 Å². The second kappa shape index (κ2) is 6.67. The standard InChI is InChI=1S/C12H13BrN4O2S/c1-2-14-11-4-3-9(17(18)19)12(16-11)15-7-10-8(13)5-6-20-10/h3-6H,2,7H2,1H3,(H2,14,15,16). The molecule has 2 N–H and O–H groups in total. The summed E-state index contributed by atoms with van der Waals surface area (Å²) in [7, 11) is 0. The fraction of sp³-hybridized carbons (Fsp3) is 0.250. The molecule has 0 aliphatic heterocycles. The van der Waals surface area contributed by atoms with Crippen molar-refractivity contribution in [1.82, 2.24) is 4.98 Å². The molecule has 0 fully saturated rings. The molecule has 0 aliphatic carbocycles. The van der Waals surface area contributed by atoms with Gasteiger partial charge in [-0.05, 0) is 40.4 Å². The highest BCUT2D eigenvalue weighted by molar-refractivity contribution is 9.10. The van der Waals surface area contributed by atoms with Crippen LogP contribution in [-0.2, 0) is 6.54 Å². The minimum atomic E-state index is -0.436. The predicted octanol–water partition coefficient (Wildman–Crippen LogP) is 3.86. The Balaban J connectivity index is 2.21. The van der Waals surface area contributed by atoms with Gasteiger partial charge in [-0.3, -0.25) is 10.1 Å². The van der Waals surface area contributed by atoms with Gasteiger partial charge in [0.2, 0.25) is 5.82 Å². The molecule has 8 heteroatoms. The molecule has 6 nitrogen and oxygen atoms in total. The van der Waals surface area contributed by atoms with E-state index in [0.717, 1.165) is 9.35 Å². The Labute approximate surface area is 128 Å². The monoisotopic (exact) mass is 356 g/mol. The second-order valence-electron chi connectivity index (χ2n) is 3.90. The lowest BCUT2D eigenvalue weighted by Crippen LogP contribution is -2.07. The summed E-state index contributed by atoms with van der Waals surface area (Å²) >= 11 is 5.01. The number of anilines is 2. The van der Waals surface area contributed by atoms with Crippen molar-refractivity contribution in [3.8, 4) is 0 Å². The van der Waals surface area contributed by atoms with Crippen molar-refractivity contribution in [2.75, 3.05) is 17.2 Å². The molecule has 2 aromatic heterocycles. The van der Waals surface area contributed by atoms with Gasteiger partial charge in [0.15, 0.2) is 0 Å². The van der Waals surface area contributed by atoms with Crippen LogP contribution in [0.1, 0.15) is 11.8 Å². The molecule has 0 saturated heterocycles. The number of thiophene rings is 1. The smallest absolute Gasteiger partial charge is 0.311 e. The van der Waals surface area contributed by atoms with Gasteiger partial charge in [-0.2, -0.15) is 0 Å². The molecule has 0 unspecified atom stereocenters. The number of nitrogens with zero attached hydrogens (tertiary/aromatic N) is 2. The SMILES string of the molecule is CCNc1ccc([N+](=O)[O-])c(NCc2sccc2Br)n1. The van der Waals surface area contributed by atoms with Crippen molar-refractivity contribution < 1.29 is 4.92 Å². The topological polar surface area (TPSA) is 80.1 Å². The minimum Gasteiger partial charge on any atom is -0.370 e. The van der Waals surface area contributed by atoms with Gasteiger partial charge in [0, 0.05) is 22.0 Å². The molecular formula is C12H13BrN4O2S. The summed E-state index contributed by atoms with van der Waals surface area (Å²) in [6, 6.07) is 5.00. The van der Waals surface area contributed by atoms with Crippen molar-refractivity contribution in [1.29, 1.82) is 0 Å². The maximum absolute atomic E-state index is 11.0. The zero-order chi connectivity index (χ0) is 14.5. The molecule has 0 amide bonds. The number of rotatable bonds is 6. The Morgan fingerprint density at radius 3 is 2.80 bits per heavy atom. The lowest BCUT2D eigenvalue weighted by molar-refractivity contribution is -0.384. The van der Waals surface area contributed by atoms with Gasteiger partial charge in [-0.1, -0.05) is 0 Å². The van der Waals surface area contributed by atoms with Gasteiger partial charge in [0.1, 0.15) is 5.82 Å². The molecule has 0 saturated carbocycles. The summed E-state index contributed by atoms with van der Waals surface area (Å²) in [5.41, 5.74) is -0.0284. The molecule has 0 radical (unpaired) electrons. The average Bonchev–Trinajstić information content (AvgIpc) is 2.82. The Morgan fingerprint density at radius 1 is 1.40 bits per heavy atom. The van der Waals surface area contributed by atoms with Gasteiger partial charge >= 0.3 is 5.69 Å². The number of nitrogens with one attached hydrogen (secondary N) is 2. The number of aromatic nitrogens is 1. The molecular weight excluding hydrogens is 344 g/mol. The third-order valence-corrected chi connectivity index (χ3v) is 4.46. The first-order valence-corrected chi connectivity index (χ1v) is 7.64. The molecule has 0 bridgehead atoms. The van der Waals surface area contributed by atoms with Gasteiger partial charge in [-0.25, -0.2) is 4.98 Å². The van der Waals surface area contributed by atoms with E-state index in [1.807, 2.05) is 18.4 Å². The molecule has 0 aromatic carbocycles. The normalized spacial score (nSPS) is 10.3. The van der Waals surface area contributed by atoms with E-state index < -0.39 is 4.92 Å². The van der Waals surface area contributed by atoms with E-state index in [1.54, 1.807) is 17.4 Å². The van der Waals surface area contributed by atoms with E-state index in [2.05, 4.69) is 31.5 Å². The molecule has 2 rings (SSSR count). The lowest BCUT2D eigenvalue weighted by Gasteiger charge is -2.08. The third kappa shape index (κ3) is 3.45. The summed E-state index contributed by atoms with van der Waals surface area (Å²) in [5.74, 6) is 0.889. The van der Waals surface area contributed by atoms with Crippen molar-refractivity contribution in [2.24, 2.45) is 0 Å². The van der Waals surface area contributed by atoms with Crippen LogP contribution < -0.4 is 10.6 Å². The molecule has 0 aliphatic rings. The summed E-state index contributed by atoms with van der Waals surface area (Å²) in [6.07, 6.45) is 0. The Hall–Kier alpha value is -1.67. The molecule has 0 atom stereocenters. The number of halogens is 1. The van der Waals surface area contributed by atoms with Crippen LogP contribution in [0.2, 0.25) is 0 Å². The van der Waals surface area contributed by atoms with Gasteiger partial charge in [0.05, 0.1) is 11.5 Å². The number of hydrogen-bond donors (Lipinski definition) is 2. The molecule has 106 valence electrons. The summed E-state index contributed by atoms with van der Waals surface area (Å²) in [4.78, 5) is 15.9. The molecule has 2 aromatic rings. The number of nitro groups is 1. The second-order valence-corrected chi connectivity index (χ2v) is 5.75. The van der Waals surface area contributed by atoms with Crippen LogP contribution >= 0.6 is 27.3 Å². The van der Waals surface area contributed by atoms with Crippen molar-refractivity contribution in [3.63, 3.8) is 0 Å². The summed E-state index contributed by atoms with van der Waals surface area (Å²) in [6.45, 7) is 3.14. The largest absolute Gasteiger partial charge is 0.370 e. The van der Waals surface area contributed by atoms with Crippen LogP contribution in [0.3, 0.4) is 0 Å². The Morgan fingerprint density at radius 2 is 2.20 bits per heavy atom. The molecule has 2 heterocycles. The first kappa shape index (κ1) is 14.7. The minimum absolute atomic E-state index is 0.0284. The van der Waals surface area contributed by atoms with E-state index in [0.29, 0.717) is 18.9 Å². The van der Waals surface area contributed by atoms with Crippen LogP contribution in [0.25, 0.3) is 0 Å². The highest BCUT2D eigenvalue weighted by Crippen LogP contribution is 2.27. The van der Waals surface area contributed by atoms with Crippen LogP contribution in [0.4, 0.5) is 17.3 Å². The van der Waals surface area contributed by atoms with E-state index in [-0.39, 0.29) is 11.5 Å². The quantitative estimate of drug-likeness (QED) is 0.606. The van der Waals surface area contributed by atoms with E-state index >= 15 is 0 Å². The molecule has 0 spiro atoms. The van der Waals surface area contributed by atoms with Crippen LogP contribution in [-0.4, -0.2) is 16.5 Å². The van der Waals surface area contributed by atoms with Gasteiger partial charge < -0.3 is 10.6 Å². The fourth-order valence-corrected chi connectivity index (χ4v) is 3.06. The zero-order valence-corrected chi connectivity index (χ0v) is 13.1. The average molecular weight is 357 g/mol. The van der Waals surface area contributed by atoms with Crippen molar-refractivity contribution >= 4 is 44.6 Å². The maximum Gasteiger partial charge on any atom is 0.311 e. The third-order valence-electron chi connectivity index (χ3n) is 2.54. The van der Waals surface area contributed by atoms with Gasteiger partial charge in [0.25, 0.3) is 0 Å². The lowest BCUT2D eigenvalue weighted by atomic mass is 10.3. The van der Waals surface area contributed by atoms with E-state index in [1.165, 1.54) is 6.07 Å². The highest BCUT2D eigenvalue weighted by Gasteiger charge is 2.16. The predicted molar refractivity (Wildman–Crippen MR) is 84.4 cm³/mol.